The first-order valence-electron chi connectivity index (χ1n) is 9.62. The number of aryl methyl sites for hydroxylation is 2. The summed E-state index contributed by atoms with van der Waals surface area (Å²) >= 11 is 5.27. The first kappa shape index (κ1) is 20.4. The van der Waals surface area contributed by atoms with Crippen LogP contribution in [0, 0.1) is 13.8 Å². The van der Waals surface area contributed by atoms with Gasteiger partial charge in [-0.05, 0) is 68.5 Å². The van der Waals surface area contributed by atoms with E-state index >= 15 is 0 Å². The number of hydrogen-bond acceptors (Lipinski definition) is 4. The summed E-state index contributed by atoms with van der Waals surface area (Å²) in [7, 11) is 0. The van der Waals surface area contributed by atoms with Crippen LogP contribution in [0.2, 0.25) is 0 Å². The van der Waals surface area contributed by atoms with Crippen molar-refractivity contribution in [2.45, 2.75) is 13.8 Å². The zero-order valence-corrected chi connectivity index (χ0v) is 17.7. The van der Waals surface area contributed by atoms with E-state index in [0.29, 0.717) is 28.1 Å². The number of anilines is 2. The second-order valence-corrected chi connectivity index (χ2v) is 7.73. The monoisotopic (exact) mass is 429 g/mol. The lowest BCUT2D eigenvalue weighted by atomic mass is 10.1. The summed E-state index contributed by atoms with van der Waals surface area (Å²) in [6.45, 7) is 3.84. The predicted molar refractivity (Wildman–Crippen MR) is 124 cm³/mol. The van der Waals surface area contributed by atoms with E-state index in [0.717, 1.165) is 16.0 Å². The van der Waals surface area contributed by atoms with E-state index in [-0.39, 0.29) is 22.8 Å². The van der Waals surface area contributed by atoms with Gasteiger partial charge in [0, 0.05) is 11.3 Å². The molecule has 0 aromatic heterocycles. The fourth-order valence-electron chi connectivity index (χ4n) is 3.59. The van der Waals surface area contributed by atoms with E-state index in [1.165, 1.54) is 0 Å². The molecule has 6 nitrogen and oxygen atoms in total. The highest BCUT2D eigenvalue weighted by molar-refractivity contribution is 7.80. The van der Waals surface area contributed by atoms with Crippen LogP contribution in [-0.4, -0.2) is 22.8 Å². The topological polar surface area (TPSA) is 78.5 Å². The van der Waals surface area contributed by atoms with Crippen molar-refractivity contribution in [2.24, 2.45) is 0 Å². The zero-order valence-electron chi connectivity index (χ0n) is 16.9. The second kappa shape index (κ2) is 8.12. The summed E-state index contributed by atoms with van der Waals surface area (Å²) in [5, 5.41) is 5.71. The van der Waals surface area contributed by atoms with Gasteiger partial charge in [-0.3, -0.25) is 19.7 Å². The lowest BCUT2D eigenvalue weighted by Crippen LogP contribution is -2.34. The van der Waals surface area contributed by atoms with Crippen LogP contribution in [0.15, 0.2) is 66.7 Å². The van der Waals surface area contributed by atoms with Gasteiger partial charge in [-0.1, -0.05) is 35.4 Å². The molecular weight excluding hydrogens is 410 g/mol. The molecule has 2 N–H and O–H groups in total. The minimum absolute atomic E-state index is 0.115. The number of benzene rings is 3. The maximum absolute atomic E-state index is 12.7. The van der Waals surface area contributed by atoms with Crippen molar-refractivity contribution in [3.63, 3.8) is 0 Å². The van der Waals surface area contributed by atoms with E-state index in [9.17, 15) is 14.4 Å². The molecule has 31 heavy (non-hydrogen) atoms. The van der Waals surface area contributed by atoms with Gasteiger partial charge in [-0.15, -0.1) is 0 Å². The molecule has 1 heterocycles. The number of amides is 3. The largest absolute Gasteiger partial charge is 0.332 e. The van der Waals surface area contributed by atoms with Crippen LogP contribution < -0.4 is 15.5 Å². The highest BCUT2D eigenvalue weighted by Crippen LogP contribution is 2.29. The Bertz CT molecular complexity index is 1200. The van der Waals surface area contributed by atoms with E-state index in [1.54, 1.807) is 60.7 Å². The van der Waals surface area contributed by atoms with Crippen molar-refractivity contribution in [3.05, 3.63) is 94.5 Å². The van der Waals surface area contributed by atoms with Gasteiger partial charge in [0.1, 0.15) is 0 Å². The summed E-state index contributed by atoms with van der Waals surface area (Å²) in [5.74, 6) is -1.06. The Hall–Kier alpha value is -3.84. The highest BCUT2D eigenvalue weighted by atomic mass is 32.1. The first-order valence-corrected chi connectivity index (χ1v) is 10.0. The molecule has 154 valence electrons. The molecule has 0 unspecified atom stereocenters. The number of carbonyl (C=O) groups is 3. The second-order valence-electron chi connectivity index (χ2n) is 7.33. The Morgan fingerprint density at radius 3 is 2.06 bits per heavy atom. The molecule has 3 aromatic carbocycles. The fourth-order valence-corrected chi connectivity index (χ4v) is 3.80. The number of rotatable bonds is 3. The van der Waals surface area contributed by atoms with Crippen LogP contribution in [0.1, 0.15) is 42.2 Å². The molecule has 4 rings (SSSR count). The van der Waals surface area contributed by atoms with Gasteiger partial charge in [-0.2, -0.15) is 0 Å². The van der Waals surface area contributed by atoms with Crippen LogP contribution in [0.3, 0.4) is 0 Å². The smallest absolute Gasteiger partial charge is 0.266 e. The van der Waals surface area contributed by atoms with E-state index in [2.05, 4.69) is 10.6 Å². The van der Waals surface area contributed by atoms with Gasteiger partial charge in [-0.25, -0.2) is 4.90 Å². The van der Waals surface area contributed by atoms with Crippen molar-refractivity contribution in [1.82, 2.24) is 5.32 Å². The molecule has 0 atom stereocenters. The third kappa shape index (κ3) is 4.08. The maximum Gasteiger partial charge on any atom is 0.266 e. The Morgan fingerprint density at radius 1 is 0.839 bits per heavy atom. The number of hydrogen-bond donors (Lipinski definition) is 2. The average molecular weight is 430 g/mol. The molecule has 1 aliphatic heterocycles. The van der Waals surface area contributed by atoms with Gasteiger partial charge in [0.2, 0.25) is 0 Å². The summed E-state index contributed by atoms with van der Waals surface area (Å²) in [6.07, 6.45) is 0. The molecule has 0 bridgehead atoms. The van der Waals surface area contributed by atoms with Crippen molar-refractivity contribution in [2.75, 3.05) is 10.2 Å². The van der Waals surface area contributed by atoms with Gasteiger partial charge in [0.05, 0.1) is 16.8 Å². The number of carbonyl (C=O) groups excluding carboxylic acids is 3. The molecule has 0 spiro atoms. The standard InChI is InChI=1S/C24H19N3O3S/c1-14-10-15(2)12-16(11-14)21(28)26-24(31)25-17-6-5-7-18(13-17)27-22(29)19-8-3-4-9-20(19)23(27)30/h3-13H,1-2H3,(H2,25,26,28,31). The Labute approximate surface area is 184 Å². The summed E-state index contributed by atoms with van der Waals surface area (Å²) in [4.78, 5) is 39.0. The minimum Gasteiger partial charge on any atom is -0.332 e. The Morgan fingerprint density at radius 2 is 1.45 bits per heavy atom. The van der Waals surface area contributed by atoms with E-state index in [4.69, 9.17) is 12.2 Å². The number of thiocarbonyl (C=S) groups is 1. The van der Waals surface area contributed by atoms with Gasteiger partial charge in [0.25, 0.3) is 17.7 Å². The van der Waals surface area contributed by atoms with Crippen LogP contribution >= 0.6 is 12.2 Å². The minimum atomic E-state index is -0.372. The molecule has 0 saturated heterocycles. The van der Waals surface area contributed by atoms with Gasteiger partial charge < -0.3 is 5.32 Å². The van der Waals surface area contributed by atoms with E-state index < -0.39 is 0 Å². The number of fused-ring (bicyclic) bond motifs is 1. The predicted octanol–water partition coefficient (Wildman–Crippen LogP) is 4.23. The van der Waals surface area contributed by atoms with Crippen LogP contribution in [-0.2, 0) is 0 Å². The Balaban J connectivity index is 1.49. The first-order chi connectivity index (χ1) is 14.8. The molecule has 0 radical (unpaired) electrons. The SMILES string of the molecule is Cc1cc(C)cc(C(=O)NC(=S)Nc2cccc(N3C(=O)c4ccccc4C3=O)c2)c1. The third-order valence-corrected chi connectivity index (χ3v) is 5.07. The summed E-state index contributed by atoms with van der Waals surface area (Å²) < 4.78 is 0. The molecular formula is C24H19N3O3S. The normalized spacial score (nSPS) is 12.5. The highest BCUT2D eigenvalue weighted by Gasteiger charge is 2.36. The summed E-state index contributed by atoms with van der Waals surface area (Å²) in [6, 6.07) is 19.0. The summed E-state index contributed by atoms with van der Waals surface area (Å²) in [5.41, 5.74) is 4.19. The quantitative estimate of drug-likeness (QED) is 0.481. The lowest BCUT2D eigenvalue weighted by molar-refractivity contribution is 0.0924. The molecule has 0 saturated carbocycles. The molecule has 0 aliphatic carbocycles. The zero-order chi connectivity index (χ0) is 22.1. The average Bonchev–Trinajstić information content (AvgIpc) is 2.98. The van der Waals surface area contributed by atoms with Gasteiger partial charge in [0.15, 0.2) is 5.11 Å². The maximum atomic E-state index is 12.7. The Kier molecular flexibility index (Phi) is 5.35. The van der Waals surface area contributed by atoms with E-state index in [1.807, 2.05) is 19.9 Å². The van der Waals surface area contributed by atoms with Crippen LogP contribution in [0.25, 0.3) is 0 Å². The van der Waals surface area contributed by atoms with Gasteiger partial charge >= 0.3 is 0 Å². The van der Waals surface area contributed by atoms with Crippen LogP contribution in [0.5, 0.6) is 0 Å². The number of nitrogens with zero attached hydrogens (tertiary/aromatic N) is 1. The lowest BCUT2D eigenvalue weighted by Gasteiger charge is -2.16. The number of nitrogens with one attached hydrogen (secondary N) is 2. The fraction of sp³-hybridized carbons (Fsp3) is 0.0833. The van der Waals surface area contributed by atoms with Crippen LogP contribution in [0.4, 0.5) is 11.4 Å². The third-order valence-electron chi connectivity index (χ3n) is 4.87. The van der Waals surface area contributed by atoms with Crippen molar-refractivity contribution < 1.29 is 14.4 Å². The molecule has 3 amide bonds. The molecule has 0 fully saturated rings. The van der Waals surface area contributed by atoms with Crippen molar-refractivity contribution >= 4 is 46.4 Å². The molecule has 3 aromatic rings. The molecule has 1 aliphatic rings. The van der Waals surface area contributed by atoms with Crippen molar-refractivity contribution in [3.8, 4) is 0 Å². The number of imide groups is 1. The molecule has 7 heteroatoms. The van der Waals surface area contributed by atoms with Crippen molar-refractivity contribution in [1.29, 1.82) is 0 Å².